The highest BCUT2D eigenvalue weighted by molar-refractivity contribution is 8.45. The molecule has 100 valence electrons. The molecule has 2 nitrogen and oxygen atoms in total. The van der Waals surface area contributed by atoms with Crippen molar-refractivity contribution in [1.29, 1.82) is 0 Å². The van der Waals surface area contributed by atoms with Gasteiger partial charge in [-0.3, -0.25) is 0 Å². The van der Waals surface area contributed by atoms with Crippen molar-refractivity contribution in [2.45, 2.75) is 4.90 Å². The summed E-state index contributed by atoms with van der Waals surface area (Å²) >= 11 is 0. The molecule has 0 unspecified atom stereocenters. The second-order valence-corrected chi connectivity index (χ2v) is 5.80. The van der Waals surface area contributed by atoms with E-state index in [-0.39, 0.29) is 12.4 Å². The van der Waals surface area contributed by atoms with Gasteiger partial charge in [-0.2, -0.15) is 0 Å². The quantitative estimate of drug-likeness (QED) is 0.650. The van der Waals surface area contributed by atoms with Gasteiger partial charge in [-0.05, 0) is 31.3 Å². The van der Waals surface area contributed by atoms with Gasteiger partial charge in [0.05, 0.1) is 0 Å². The summed E-state index contributed by atoms with van der Waals surface area (Å²) in [7, 11) is -7.88. The van der Waals surface area contributed by atoms with Crippen molar-refractivity contribution >= 4 is 10.2 Å². The summed E-state index contributed by atoms with van der Waals surface area (Å²) in [5, 5.41) is 2.77. The van der Waals surface area contributed by atoms with E-state index in [1.165, 1.54) is 0 Å². The number of halogens is 5. The molecule has 1 N–H and O–H groups in total. The molecule has 0 fully saturated rings. The van der Waals surface area contributed by atoms with E-state index < -0.39 is 15.1 Å². The average molecular weight is 277 g/mol. The fourth-order valence-corrected chi connectivity index (χ4v) is 1.71. The highest BCUT2D eigenvalue weighted by Gasteiger charge is 2.65. The van der Waals surface area contributed by atoms with Gasteiger partial charge in [0.15, 0.2) is 0 Å². The van der Waals surface area contributed by atoms with Crippen LogP contribution in [0.15, 0.2) is 29.2 Å². The topological polar surface area (TPSA) is 21.3 Å². The molecule has 0 atom stereocenters. The van der Waals surface area contributed by atoms with Crippen molar-refractivity contribution in [1.82, 2.24) is 5.32 Å². The normalized spacial score (nSPS) is 16.1. The Kier molecular flexibility index (Phi) is 3.09. The standard InChI is InChI=1S/C9H12F5NOS/c1-15-6-7-16-8-2-4-9(5-3-8)17(10,11,12,13)14/h2-5,15H,6-7H2,1H3. The van der Waals surface area contributed by atoms with Gasteiger partial charge in [-0.25, -0.2) is 0 Å². The summed E-state index contributed by atoms with van der Waals surface area (Å²) in [6, 6.07) is 2.41. The molecule has 1 rings (SSSR count). The largest absolute Gasteiger partial charge is 0.492 e. The second kappa shape index (κ2) is 3.74. The fourth-order valence-electron chi connectivity index (χ4n) is 1.06. The zero-order chi connectivity index (χ0) is 13.2. The van der Waals surface area contributed by atoms with Crippen LogP contribution >= 0.6 is 10.2 Å². The molecular weight excluding hydrogens is 265 g/mol. The van der Waals surface area contributed by atoms with Crippen molar-refractivity contribution < 1.29 is 24.2 Å². The zero-order valence-electron chi connectivity index (χ0n) is 8.93. The van der Waals surface area contributed by atoms with Crippen molar-refractivity contribution in [2.24, 2.45) is 0 Å². The molecule has 0 aliphatic carbocycles. The SMILES string of the molecule is CNCCOc1ccc(S(F)(F)(F)(F)F)cc1. The maximum Gasteiger partial charge on any atom is 0.310 e. The maximum absolute atomic E-state index is 12.3. The summed E-state index contributed by atoms with van der Waals surface area (Å²) < 4.78 is 66.7. The third-order valence-corrected chi connectivity index (χ3v) is 3.05. The Hall–Kier alpha value is -1.02. The molecule has 0 bridgehead atoms. The molecule has 0 saturated carbocycles. The lowest BCUT2D eigenvalue weighted by atomic mass is 10.3. The smallest absolute Gasteiger partial charge is 0.310 e. The molecule has 1 aromatic carbocycles. The first-order valence-corrected chi connectivity index (χ1v) is 6.59. The first kappa shape index (κ1) is 14.0. The molecule has 0 saturated heterocycles. The summed E-state index contributed by atoms with van der Waals surface area (Å²) in [4.78, 5) is -1.91. The van der Waals surface area contributed by atoms with Gasteiger partial charge < -0.3 is 10.1 Å². The molecule has 0 heterocycles. The Morgan fingerprint density at radius 3 is 2.00 bits per heavy atom. The van der Waals surface area contributed by atoms with Gasteiger partial charge in [-0.1, -0.05) is 19.4 Å². The van der Waals surface area contributed by atoms with E-state index in [4.69, 9.17) is 4.74 Å². The molecular formula is C9H12F5NOS. The van der Waals surface area contributed by atoms with Crippen molar-refractivity contribution in [3.05, 3.63) is 24.3 Å². The Balaban J connectivity index is 2.83. The van der Waals surface area contributed by atoms with E-state index in [0.717, 1.165) is 12.1 Å². The molecule has 0 amide bonds. The molecule has 0 spiro atoms. The van der Waals surface area contributed by atoms with Gasteiger partial charge >= 0.3 is 10.2 Å². The van der Waals surface area contributed by atoms with E-state index >= 15 is 0 Å². The van der Waals surface area contributed by atoms with E-state index in [0.29, 0.717) is 18.7 Å². The van der Waals surface area contributed by atoms with Crippen LogP contribution in [0.5, 0.6) is 5.75 Å². The first-order chi connectivity index (χ1) is 7.53. The maximum atomic E-state index is 12.3. The molecule has 0 aromatic heterocycles. The number of likely N-dealkylation sites (N-methyl/N-ethyl adjacent to an activating group) is 1. The minimum atomic E-state index is -9.56. The van der Waals surface area contributed by atoms with Gasteiger partial charge in [0.25, 0.3) is 0 Å². The third-order valence-electron chi connectivity index (χ3n) is 1.89. The molecule has 0 aliphatic heterocycles. The van der Waals surface area contributed by atoms with Crippen LogP contribution in [-0.2, 0) is 0 Å². The van der Waals surface area contributed by atoms with Gasteiger partial charge in [0.2, 0.25) is 0 Å². The third kappa shape index (κ3) is 4.39. The summed E-state index contributed by atoms with van der Waals surface area (Å²) in [5.41, 5.74) is 0. The van der Waals surface area contributed by atoms with Crippen LogP contribution in [0, 0.1) is 0 Å². The van der Waals surface area contributed by atoms with Crippen LogP contribution in [-0.4, -0.2) is 20.2 Å². The fraction of sp³-hybridized carbons (Fsp3) is 0.333. The molecule has 0 aliphatic rings. The molecule has 1 aromatic rings. The lowest BCUT2D eigenvalue weighted by Crippen LogP contribution is -2.16. The Labute approximate surface area is 95.5 Å². The average Bonchev–Trinajstić information content (AvgIpc) is 2.15. The highest BCUT2D eigenvalue weighted by Crippen LogP contribution is 3.02. The van der Waals surface area contributed by atoms with Crippen LogP contribution < -0.4 is 10.1 Å². The van der Waals surface area contributed by atoms with Crippen LogP contribution in [0.4, 0.5) is 19.4 Å². The summed E-state index contributed by atoms with van der Waals surface area (Å²) in [6.07, 6.45) is 0. The lowest BCUT2D eigenvalue weighted by Gasteiger charge is -2.40. The number of hydrogen-bond donors (Lipinski definition) is 1. The Morgan fingerprint density at radius 1 is 1.06 bits per heavy atom. The van der Waals surface area contributed by atoms with Crippen molar-refractivity contribution in [2.75, 3.05) is 20.2 Å². The van der Waals surface area contributed by atoms with Gasteiger partial charge in [0, 0.05) is 6.54 Å². The van der Waals surface area contributed by atoms with Crippen LogP contribution in [0.25, 0.3) is 0 Å². The lowest BCUT2D eigenvalue weighted by molar-refractivity contribution is 0.318. The molecule has 17 heavy (non-hydrogen) atoms. The Morgan fingerprint density at radius 2 is 1.59 bits per heavy atom. The molecule has 8 heteroatoms. The second-order valence-electron chi connectivity index (χ2n) is 3.39. The number of rotatable bonds is 5. The summed E-state index contributed by atoms with van der Waals surface area (Å²) in [6.45, 7) is 0.746. The predicted octanol–water partition coefficient (Wildman–Crippen LogP) is 3.94. The first-order valence-electron chi connectivity index (χ1n) is 4.64. The van der Waals surface area contributed by atoms with Crippen LogP contribution in [0.2, 0.25) is 0 Å². The number of benzene rings is 1. The monoisotopic (exact) mass is 277 g/mol. The van der Waals surface area contributed by atoms with Gasteiger partial charge in [0.1, 0.15) is 17.3 Å². The van der Waals surface area contributed by atoms with E-state index in [2.05, 4.69) is 5.32 Å². The number of hydrogen-bond acceptors (Lipinski definition) is 2. The minimum absolute atomic E-state index is 0.117. The zero-order valence-corrected chi connectivity index (χ0v) is 9.75. The van der Waals surface area contributed by atoms with Gasteiger partial charge in [-0.15, -0.1) is 0 Å². The van der Waals surface area contributed by atoms with Crippen molar-refractivity contribution in [3.8, 4) is 5.75 Å². The summed E-state index contributed by atoms with van der Waals surface area (Å²) in [5.74, 6) is 0.117. The van der Waals surface area contributed by atoms with Crippen LogP contribution in [0.1, 0.15) is 0 Å². The van der Waals surface area contributed by atoms with E-state index in [1.807, 2.05) is 0 Å². The van der Waals surface area contributed by atoms with E-state index in [1.54, 1.807) is 7.05 Å². The Bertz CT molecular complexity index is 387. The van der Waals surface area contributed by atoms with E-state index in [9.17, 15) is 19.4 Å². The highest BCUT2D eigenvalue weighted by atomic mass is 32.5. The predicted molar refractivity (Wildman–Crippen MR) is 57.3 cm³/mol. The van der Waals surface area contributed by atoms with Crippen molar-refractivity contribution in [3.63, 3.8) is 0 Å². The number of ether oxygens (including phenoxy) is 1. The minimum Gasteiger partial charge on any atom is -0.492 e. The van der Waals surface area contributed by atoms with Crippen LogP contribution in [0.3, 0.4) is 0 Å². The number of nitrogens with one attached hydrogen (secondary N) is 1. The molecule has 0 radical (unpaired) electrons.